The molecule has 4 nitrogen and oxygen atoms in total. The second-order valence-corrected chi connectivity index (χ2v) is 1.99. The van der Waals surface area contributed by atoms with E-state index < -0.39 is 0 Å². The van der Waals surface area contributed by atoms with Gasteiger partial charge in [-0.25, -0.2) is 11.4 Å². The van der Waals surface area contributed by atoms with Crippen LogP contribution in [0.1, 0.15) is 19.4 Å². The Morgan fingerprint density at radius 2 is 1.77 bits per heavy atom. The Morgan fingerprint density at radius 3 is 2.23 bits per heavy atom. The minimum absolute atomic E-state index is 0.383. The highest BCUT2D eigenvalue weighted by molar-refractivity contribution is 5.97. The lowest BCUT2D eigenvalue weighted by atomic mass is 10.2. The van der Waals surface area contributed by atoms with Crippen molar-refractivity contribution in [2.24, 2.45) is 16.7 Å². The highest BCUT2D eigenvalue weighted by Gasteiger charge is 1.93. The summed E-state index contributed by atoms with van der Waals surface area (Å²) in [4.78, 5) is 0. The molecular formula is C9H16N4. The van der Waals surface area contributed by atoms with Crippen molar-refractivity contribution >= 4 is 5.84 Å². The summed E-state index contributed by atoms with van der Waals surface area (Å²) in [7, 11) is 0. The van der Waals surface area contributed by atoms with E-state index >= 15 is 0 Å². The van der Waals surface area contributed by atoms with Crippen LogP contribution in [0.15, 0.2) is 35.4 Å². The average Bonchev–Trinajstić information content (AvgIpc) is 2.23. The summed E-state index contributed by atoms with van der Waals surface area (Å²) in [6, 6.07) is 9.39. The maximum Gasteiger partial charge on any atom is 0.152 e. The van der Waals surface area contributed by atoms with Gasteiger partial charge in [-0.1, -0.05) is 44.2 Å². The van der Waals surface area contributed by atoms with E-state index in [2.05, 4.69) is 10.6 Å². The molecule has 13 heavy (non-hydrogen) atoms. The number of hydrazine groups is 1. The fourth-order valence-corrected chi connectivity index (χ4v) is 0.743. The molecule has 1 rings (SSSR count). The fraction of sp³-hybridized carbons (Fsp3) is 0.222. The smallest absolute Gasteiger partial charge is 0.152 e. The quantitative estimate of drug-likeness (QED) is 0.272. The summed E-state index contributed by atoms with van der Waals surface area (Å²) in [5.74, 6) is 5.33. The first-order valence-corrected chi connectivity index (χ1v) is 4.19. The van der Waals surface area contributed by atoms with E-state index in [1.807, 2.05) is 44.2 Å². The van der Waals surface area contributed by atoms with E-state index in [0.717, 1.165) is 5.56 Å². The van der Waals surface area contributed by atoms with Gasteiger partial charge < -0.3 is 5.73 Å². The maximum absolute atomic E-state index is 5.51. The number of nitrogens with two attached hydrogens (primary N) is 2. The van der Waals surface area contributed by atoms with Crippen LogP contribution in [-0.2, 0) is 0 Å². The summed E-state index contributed by atoms with van der Waals surface area (Å²) in [6.07, 6.45) is 0. The van der Waals surface area contributed by atoms with Crippen LogP contribution in [0.2, 0.25) is 0 Å². The van der Waals surface area contributed by atoms with Gasteiger partial charge in [0.25, 0.3) is 0 Å². The number of amidine groups is 1. The van der Waals surface area contributed by atoms with Crippen LogP contribution >= 0.6 is 0 Å². The number of hydrazone groups is 1. The van der Waals surface area contributed by atoms with Crippen LogP contribution in [-0.4, -0.2) is 5.84 Å². The number of nitrogens with one attached hydrogen (secondary N) is 1. The van der Waals surface area contributed by atoms with E-state index in [0.29, 0.717) is 5.84 Å². The minimum Gasteiger partial charge on any atom is -0.382 e. The van der Waals surface area contributed by atoms with Gasteiger partial charge in [0.05, 0.1) is 0 Å². The Hall–Kier alpha value is -1.55. The molecule has 0 saturated carbocycles. The molecule has 1 aromatic rings. The Bertz CT molecular complexity index is 243. The molecule has 0 spiro atoms. The topological polar surface area (TPSA) is 76.4 Å². The summed E-state index contributed by atoms with van der Waals surface area (Å²) in [6.45, 7) is 4.00. The monoisotopic (exact) mass is 180 g/mol. The van der Waals surface area contributed by atoms with Crippen molar-refractivity contribution in [3.8, 4) is 0 Å². The van der Waals surface area contributed by atoms with E-state index in [9.17, 15) is 0 Å². The molecule has 0 aliphatic heterocycles. The molecule has 0 aliphatic rings. The van der Waals surface area contributed by atoms with Crippen molar-refractivity contribution < 1.29 is 0 Å². The molecule has 0 unspecified atom stereocenters. The predicted octanol–water partition coefficient (Wildman–Crippen LogP) is 0.796. The largest absolute Gasteiger partial charge is 0.382 e. The van der Waals surface area contributed by atoms with E-state index in [4.69, 9.17) is 11.6 Å². The number of hydrogen-bond donors (Lipinski definition) is 3. The summed E-state index contributed by atoms with van der Waals surface area (Å²) in [5.41, 5.74) is 8.49. The van der Waals surface area contributed by atoms with Crippen molar-refractivity contribution in [1.82, 2.24) is 5.53 Å². The fourth-order valence-electron chi connectivity index (χ4n) is 0.743. The second kappa shape index (κ2) is 7.12. The van der Waals surface area contributed by atoms with Crippen LogP contribution in [0, 0.1) is 0 Å². The van der Waals surface area contributed by atoms with Crippen molar-refractivity contribution in [3.05, 3.63) is 35.9 Å². The van der Waals surface area contributed by atoms with Crippen LogP contribution in [0.25, 0.3) is 0 Å². The molecule has 0 amide bonds. The van der Waals surface area contributed by atoms with Gasteiger partial charge in [0.15, 0.2) is 5.84 Å². The Morgan fingerprint density at radius 1 is 1.23 bits per heavy atom. The first kappa shape index (κ1) is 11.4. The minimum atomic E-state index is 0.383. The van der Waals surface area contributed by atoms with Gasteiger partial charge in [0.2, 0.25) is 0 Å². The van der Waals surface area contributed by atoms with Gasteiger partial charge >= 0.3 is 0 Å². The third-order valence-corrected chi connectivity index (χ3v) is 1.25. The van der Waals surface area contributed by atoms with Crippen LogP contribution < -0.4 is 17.1 Å². The van der Waals surface area contributed by atoms with Crippen molar-refractivity contribution in [2.45, 2.75) is 13.8 Å². The number of nitrogens with zero attached hydrogens (tertiary/aromatic N) is 1. The van der Waals surface area contributed by atoms with Gasteiger partial charge in [0.1, 0.15) is 0 Å². The summed E-state index contributed by atoms with van der Waals surface area (Å²) >= 11 is 0. The predicted molar refractivity (Wildman–Crippen MR) is 55.8 cm³/mol. The molecule has 5 N–H and O–H groups in total. The third kappa shape index (κ3) is 4.12. The maximum atomic E-state index is 5.51. The lowest BCUT2D eigenvalue weighted by Gasteiger charge is -1.97. The SMILES string of the molecule is CC.NN/N=C(\N)c1ccccc1. The molecule has 1 aromatic carbocycles. The Kier molecular flexibility index (Phi) is 6.27. The summed E-state index contributed by atoms with van der Waals surface area (Å²) < 4.78 is 0. The number of rotatable bonds is 2. The Balaban J connectivity index is 0.000000671. The lowest BCUT2D eigenvalue weighted by Crippen LogP contribution is -2.22. The number of hydrogen-bond acceptors (Lipinski definition) is 3. The van der Waals surface area contributed by atoms with Crippen LogP contribution in [0.5, 0.6) is 0 Å². The van der Waals surface area contributed by atoms with Gasteiger partial charge in [-0.3, -0.25) is 0 Å². The van der Waals surface area contributed by atoms with Crippen molar-refractivity contribution in [2.75, 3.05) is 0 Å². The zero-order chi connectivity index (χ0) is 10.1. The molecule has 0 radical (unpaired) electrons. The highest BCUT2D eigenvalue weighted by Crippen LogP contribution is 1.96. The van der Waals surface area contributed by atoms with Gasteiger partial charge in [-0.15, -0.1) is 5.10 Å². The van der Waals surface area contributed by atoms with Crippen LogP contribution in [0.4, 0.5) is 0 Å². The molecule has 0 heterocycles. The standard InChI is InChI=1S/C7H10N4.C2H6/c8-7(10-11-9)6-4-2-1-3-5-6;1-2/h1-5,11H,9H2,(H2,8,10);1-2H3. The Labute approximate surface area is 78.6 Å². The van der Waals surface area contributed by atoms with E-state index in [1.165, 1.54) is 0 Å². The van der Waals surface area contributed by atoms with Crippen molar-refractivity contribution in [1.29, 1.82) is 0 Å². The molecule has 0 aromatic heterocycles. The number of benzene rings is 1. The molecular weight excluding hydrogens is 164 g/mol. The molecule has 0 saturated heterocycles. The molecule has 0 fully saturated rings. The molecule has 0 bridgehead atoms. The average molecular weight is 180 g/mol. The van der Waals surface area contributed by atoms with E-state index in [1.54, 1.807) is 0 Å². The third-order valence-electron chi connectivity index (χ3n) is 1.25. The first-order chi connectivity index (χ1) is 6.34. The van der Waals surface area contributed by atoms with Crippen LogP contribution in [0.3, 0.4) is 0 Å². The molecule has 4 heteroatoms. The first-order valence-electron chi connectivity index (χ1n) is 4.19. The lowest BCUT2D eigenvalue weighted by molar-refractivity contribution is 0.804. The van der Waals surface area contributed by atoms with Gasteiger partial charge in [0, 0.05) is 5.56 Å². The van der Waals surface area contributed by atoms with Crippen molar-refractivity contribution in [3.63, 3.8) is 0 Å². The van der Waals surface area contributed by atoms with E-state index in [-0.39, 0.29) is 0 Å². The highest BCUT2D eigenvalue weighted by atomic mass is 15.5. The normalized spacial score (nSPS) is 9.92. The summed E-state index contributed by atoms with van der Waals surface area (Å²) in [5, 5.41) is 3.62. The molecule has 0 atom stereocenters. The van der Waals surface area contributed by atoms with Gasteiger partial charge in [-0.2, -0.15) is 0 Å². The van der Waals surface area contributed by atoms with Gasteiger partial charge in [-0.05, 0) is 0 Å². The zero-order valence-corrected chi connectivity index (χ0v) is 7.99. The second-order valence-electron chi connectivity index (χ2n) is 1.99. The molecule has 72 valence electrons. The zero-order valence-electron chi connectivity index (χ0n) is 7.99. The molecule has 0 aliphatic carbocycles.